The number of aliphatic hydroxyl groups is 1. The second kappa shape index (κ2) is 11.4. The lowest BCUT2D eigenvalue weighted by Crippen LogP contribution is -2.56. The average molecular weight is 520 g/mol. The van der Waals surface area contributed by atoms with E-state index in [2.05, 4.69) is 21.7 Å². The van der Waals surface area contributed by atoms with Gasteiger partial charge in [-0.1, -0.05) is 76.6 Å². The van der Waals surface area contributed by atoms with E-state index in [0.717, 1.165) is 16.0 Å². The highest BCUT2D eigenvalue weighted by molar-refractivity contribution is 9.10. The molecular weight excluding hydrogens is 490 g/mol. The van der Waals surface area contributed by atoms with Crippen LogP contribution in [0.3, 0.4) is 0 Å². The standard InChI is InChI=1S/C14H15NO.C10H15BrN2O4/c15-13(11-7-3-1-4-8-11)14(16)12-9-5-2-6-10-12;1-10(2)8(16)13(9(17)12(10)3)5-4-6(11)7(14)15/h1-10,13-14,16H,15H2;6H,4-5H2,1-3H3,(H,14,15)/t13-,14+;6-/m11/s1. The molecule has 0 radical (unpaired) electrons. The quantitative estimate of drug-likeness (QED) is 0.420. The van der Waals surface area contributed by atoms with E-state index in [4.69, 9.17) is 0 Å². The summed E-state index contributed by atoms with van der Waals surface area (Å²) in [6.07, 6.45) is -0.424. The van der Waals surface area contributed by atoms with E-state index in [1.54, 1.807) is 20.9 Å². The predicted molar refractivity (Wildman–Crippen MR) is 125 cm³/mol. The van der Waals surface area contributed by atoms with Crippen molar-refractivity contribution < 1.29 is 30.3 Å². The van der Waals surface area contributed by atoms with Crippen LogP contribution in [0.4, 0.5) is 4.79 Å². The molecule has 0 unspecified atom stereocenters. The SMILES string of the molecule is CN1C(=O)N(CC[C@@H](Br)C(=O)[O-])C(=O)C1(C)C.[NH3+][C@H](c1ccccc1)[C@@H](O)c1ccccc1. The number of hydrogen-bond acceptors (Lipinski definition) is 5. The molecule has 33 heavy (non-hydrogen) atoms. The summed E-state index contributed by atoms with van der Waals surface area (Å²) < 4.78 is 0. The van der Waals surface area contributed by atoms with Gasteiger partial charge in [0.15, 0.2) is 0 Å². The number of amides is 3. The first-order valence-electron chi connectivity index (χ1n) is 10.5. The van der Waals surface area contributed by atoms with Gasteiger partial charge in [-0.25, -0.2) is 4.79 Å². The first kappa shape index (κ1) is 26.5. The molecule has 1 heterocycles. The van der Waals surface area contributed by atoms with Crippen molar-refractivity contribution in [2.75, 3.05) is 13.6 Å². The maximum Gasteiger partial charge on any atom is 0.327 e. The van der Waals surface area contributed by atoms with Gasteiger partial charge < -0.3 is 25.6 Å². The molecule has 9 heteroatoms. The number of alkyl halides is 1. The molecular formula is C24H30BrN3O5. The molecule has 2 aromatic carbocycles. The summed E-state index contributed by atoms with van der Waals surface area (Å²) in [5.74, 6) is -1.57. The van der Waals surface area contributed by atoms with Gasteiger partial charge >= 0.3 is 6.03 Å². The van der Waals surface area contributed by atoms with E-state index < -0.39 is 28.5 Å². The maximum atomic E-state index is 11.9. The van der Waals surface area contributed by atoms with Gasteiger partial charge in [0, 0.05) is 19.2 Å². The highest BCUT2D eigenvalue weighted by Gasteiger charge is 2.48. The Hall–Kier alpha value is -2.75. The van der Waals surface area contributed by atoms with Crippen LogP contribution in [-0.2, 0) is 9.59 Å². The number of halogens is 1. The molecule has 0 aliphatic carbocycles. The van der Waals surface area contributed by atoms with E-state index in [0.29, 0.717) is 0 Å². The van der Waals surface area contributed by atoms with Gasteiger partial charge in [0.05, 0.1) is 10.8 Å². The Bertz CT molecular complexity index is 912. The fourth-order valence-corrected chi connectivity index (χ4v) is 3.51. The van der Waals surface area contributed by atoms with Crippen molar-refractivity contribution in [1.29, 1.82) is 0 Å². The third-order valence-corrected chi connectivity index (χ3v) is 6.57. The second-order valence-corrected chi connectivity index (χ2v) is 9.41. The van der Waals surface area contributed by atoms with Gasteiger partial charge in [-0.2, -0.15) is 0 Å². The van der Waals surface area contributed by atoms with E-state index in [-0.39, 0.29) is 24.9 Å². The predicted octanol–water partition coefficient (Wildman–Crippen LogP) is 1.27. The molecule has 0 aromatic heterocycles. The molecule has 0 saturated carbocycles. The van der Waals surface area contributed by atoms with Crippen LogP contribution in [0.15, 0.2) is 60.7 Å². The van der Waals surface area contributed by atoms with Crippen LogP contribution in [0, 0.1) is 0 Å². The number of hydrogen-bond donors (Lipinski definition) is 2. The number of likely N-dealkylation sites (N-methyl/N-ethyl adjacent to an activating group) is 1. The van der Waals surface area contributed by atoms with Gasteiger partial charge in [-0.3, -0.25) is 9.69 Å². The Kier molecular flexibility index (Phi) is 9.16. The molecule has 3 rings (SSSR count). The molecule has 8 nitrogen and oxygen atoms in total. The number of imide groups is 1. The summed E-state index contributed by atoms with van der Waals surface area (Å²) in [6, 6.07) is 19.0. The lowest BCUT2D eigenvalue weighted by molar-refractivity contribution is -0.446. The van der Waals surface area contributed by atoms with Gasteiger partial charge in [0.1, 0.15) is 17.7 Å². The minimum Gasteiger partial charge on any atom is -0.549 e. The lowest BCUT2D eigenvalue weighted by Gasteiger charge is -2.22. The van der Waals surface area contributed by atoms with Gasteiger partial charge in [0.25, 0.3) is 5.91 Å². The van der Waals surface area contributed by atoms with Crippen molar-refractivity contribution >= 4 is 33.8 Å². The van der Waals surface area contributed by atoms with Gasteiger partial charge in [-0.05, 0) is 25.8 Å². The van der Waals surface area contributed by atoms with Crippen LogP contribution in [0.1, 0.15) is 43.5 Å². The lowest BCUT2D eigenvalue weighted by atomic mass is 9.97. The number of carboxylic acid groups (broad SMARTS) is 1. The summed E-state index contributed by atoms with van der Waals surface area (Å²) in [4.78, 5) is 35.7. The molecule has 178 valence electrons. The number of rotatable bonds is 7. The number of benzene rings is 2. The third-order valence-electron chi connectivity index (χ3n) is 5.74. The van der Waals surface area contributed by atoms with Crippen LogP contribution < -0.4 is 10.8 Å². The Morgan fingerprint density at radius 3 is 1.97 bits per heavy atom. The monoisotopic (exact) mass is 519 g/mol. The summed E-state index contributed by atoms with van der Waals surface area (Å²) >= 11 is 2.91. The Morgan fingerprint density at radius 2 is 1.55 bits per heavy atom. The normalized spacial score (nSPS) is 17.8. The van der Waals surface area contributed by atoms with E-state index >= 15 is 0 Å². The molecule has 1 aliphatic rings. The molecule has 3 amide bonds. The summed E-state index contributed by atoms with van der Waals surface area (Å²) in [5, 5.41) is 20.7. The van der Waals surface area contributed by atoms with Crippen molar-refractivity contribution in [2.24, 2.45) is 0 Å². The van der Waals surface area contributed by atoms with Crippen LogP contribution in [-0.4, -0.2) is 56.8 Å². The summed E-state index contributed by atoms with van der Waals surface area (Å²) in [5.41, 5.74) is 5.12. The molecule has 3 atom stereocenters. The van der Waals surface area contributed by atoms with Gasteiger partial charge in [-0.15, -0.1) is 0 Å². The summed E-state index contributed by atoms with van der Waals surface area (Å²) in [6.45, 7) is 3.37. The summed E-state index contributed by atoms with van der Waals surface area (Å²) in [7, 11) is 1.55. The molecule has 4 N–H and O–H groups in total. The number of urea groups is 1. The molecule has 1 saturated heterocycles. The Balaban J connectivity index is 0.000000234. The fraction of sp³-hybridized carbons (Fsp3) is 0.375. The molecule has 2 aromatic rings. The molecule has 1 fully saturated rings. The van der Waals surface area contributed by atoms with Crippen LogP contribution in [0.25, 0.3) is 0 Å². The Labute approximate surface area is 202 Å². The minimum atomic E-state index is -1.25. The second-order valence-electron chi connectivity index (χ2n) is 8.31. The number of carbonyl (C=O) groups excluding carboxylic acids is 3. The number of carbonyl (C=O) groups is 3. The van der Waals surface area contributed by atoms with Crippen LogP contribution >= 0.6 is 15.9 Å². The zero-order valence-electron chi connectivity index (χ0n) is 19.0. The van der Waals surface area contributed by atoms with Gasteiger partial charge in [0.2, 0.25) is 0 Å². The first-order valence-corrected chi connectivity index (χ1v) is 11.5. The number of carboxylic acids is 1. The highest BCUT2D eigenvalue weighted by Crippen LogP contribution is 2.26. The zero-order chi connectivity index (χ0) is 24.8. The maximum absolute atomic E-state index is 11.9. The van der Waals surface area contributed by atoms with Crippen molar-refractivity contribution in [1.82, 2.24) is 9.80 Å². The first-order chi connectivity index (χ1) is 15.5. The molecule has 1 aliphatic heterocycles. The third kappa shape index (κ3) is 6.40. The molecule has 0 bridgehead atoms. The fourth-order valence-electron chi connectivity index (χ4n) is 3.30. The average Bonchev–Trinajstić information content (AvgIpc) is 2.97. The number of aliphatic carboxylic acids is 1. The zero-order valence-corrected chi connectivity index (χ0v) is 20.6. The number of nitrogens with zero attached hydrogens (tertiary/aromatic N) is 2. The minimum absolute atomic E-state index is 0.0648. The molecule has 0 spiro atoms. The van der Waals surface area contributed by atoms with Crippen LogP contribution in [0.2, 0.25) is 0 Å². The Morgan fingerprint density at radius 1 is 1.06 bits per heavy atom. The van der Waals surface area contributed by atoms with Crippen molar-refractivity contribution in [3.05, 3.63) is 71.8 Å². The van der Waals surface area contributed by atoms with Crippen molar-refractivity contribution in [2.45, 2.75) is 42.8 Å². The highest BCUT2D eigenvalue weighted by atomic mass is 79.9. The topological polar surface area (TPSA) is 129 Å². The van der Waals surface area contributed by atoms with Crippen molar-refractivity contribution in [3.63, 3.8) is 0 Å². The smallest absolute Gasteiger partial charge is 0.327 e. The van der Waals surface area contributed by atoms with E-state index in [1.165, 1.54) is 4.90 Å². The van der Waals surface area contributed by atoms with E-state index in [9.17, 15) is 24.6 Å². The van der Waals surface area contributed by atoms with Crippen molar-refractivity contribution in [3.8, 4) is 0 Å². The largest absolute Gasteiger partial charge is 0.549 e. The number of aliphatic hydroxyl groups excluding tert-OH is 1. The van der Waals surface area contributed by atoms with Crippen LogP contribution in [0.5, 0.6) is 0 Å². The number of quaternary nitrogens is 1. The van der Waals surface area contributed by atoms with E-state index in [1.807, 2.05) is 60.7 Å².